The lowest BCUT2D eigenvalue weighted by Gasteiger charge is -2.07. The molecule has 136 valence electrons. The van der Waals surface area contributed by atoms with Gasteiger partial charge in [0.25, 0.3) is 0 Å². The number of ether oxygens (including phenoxy) is 1. The molecule has 0 radical (unpaired) electrons. The lowest BCUT2D eigenvalue weighted by atomic mass is 10.1. The van der Waals surface area contributed by atoms with Gasteiger partial charge in [-0.15, -0.1) is 0 Å². The maximum Gasteiger partial charge on any atom is 0.224 e. The molecular weight excluding hydrogens is 330 g/mol. The molecule has 2 amide bonds. The van der Waals surface area contributed by atoms with E-state index in [0.717, 1.165) is 23.3 Å². The number of amides is 2. The fourth-order valence-electron chi connectivity index (χ4n) is 2.89. The summed E-state index contributed by atoms with van der Waals surface area (Å²) in [7, 11) is 1.63. The van der Waals surface area contributed by atoms with Gasteiger partial charge < -0.3 is 15.4 Å². The maximum atomic E-state index is 12.2. The highest BCUT2D eigenvalue weighted by atomic mass is 16.5. The molecule has 3 rings (SSSR count). The molecule has 1 heterocycles. The van der Waals surface area contributed by atoms with E-state index in [2.05, 4.69) is 15.6 Å². The molecule has 1 aliphatic carbocycles. The fourth-order valence-corrected chi connectivity index (χ4v) is 2.89. The normalized spacial score (nSPS) is 18.0. The topological polar surface area (TPSA) is 80.3 Å². The van der Waals surface area contributed by atoms with Crippen molar-refractivity contribution in [2.45, 2.75) is 19.4 Å². The zero-order chi connectivity index (χ0) is 18.4. The summed E-state index contributed by atoms with van der Waals surface area (Å²) in [5, 5.41) is 5.79. The Morgan fingerprint density at radius 1 is 1.12 bits per heavy atom. The minimum atomic E-state index is -0.219. The summed E-state index contributed by atoms with van der Waals surface area (Å²) in [6.07, 6.45) is 4.76. The Morgan fingerprint density at radius 3 is 2.62 bits per heavy atom. The maximum absolute atomic E-state index is 12.2. The summed E-state index contributed by atoms with van der Waals surface area (Å²) < 4.78 is 5.19. The number of pyridine rings is 1. The van der Waals surface area contributed by atoms with Gasteiger partial charge in [-0.1, -0.05) is 18.2 Å². The van der Waals surface area contributed by atoms with Crippen molar-refractivity contribution in [3.8, 4) is 5.75 Å². The van der Waals surface area contributed by atoms with E-state index in [1.165, 1.54) is 0 Å². The Labute approximate surface area is 153 Å². The van der Waals surface area contributed by atoms with Crippen LogP contribution >= 0.6 is 0 Å². The second kappa shape index (κ2) is 8.47. The molecule has 0 saturated heterocycles. The van der Waals surface area contributed by atoms with Gasteiger partial charge in [-0.3, -0.25) is 14.6 Å². The van der Waals surface area contributed by atoms with Gasteiger partial charge in [0.05, 0.1) is 18.9 Å². The van der Waals surface area contributed by atoms with Crippen molar-refractivity contribution < 1.29 is 14.3 Å². The third-order valence-electron chi connectivity index (χ3n) is 4.50. The third kappa shape index (κ3) is 4.81. The van der Waals surface area contributed by atoms with Gasteiger partial charge in [-0.25, -0.2) is 0 Å². The first kappa shape index (κ1) is 17.9. The first-order chi connectivity index (χ1) is 12.7. The molecule has 1 aromatic carbocycles. The van der Waals surface area contributed by atoms with E-state index in [0.29, 0.717) is 19.5 Å². The number of carbonyl (C=O) groups excluding carboxylic acids is 2. The van der Waals surface area contributed by atoms with Crippen LogP contribution in [0.15, 0.2) is 48.8 Å². The van der Waals surface area contributed by atoms with Crippen LogP contribution in [0.5, 0.6) is 5.75 Å². The summed E-state index contributed by atoms with van der Waals surface area (Å²) in [4.78, 5) is 28.3. The third-order valence-corrected chi connectivity index (χ3v) is 4.50. The van der Waals surface area contributed by atoms with E-state index in [9.17, 15) is 9.59 Å². The summed E-state index contributed by atoms with van der Waals surface area (Å²) in [5.74, 6) is 0.260. The van der Waals surface area contributed by atoms with Crippen LogP contribution in [0.25, 0.3) is 0 Å². The average molecular weight is 353 g/mol. The largest absolute Gasteiger partial charge is 0.497 e. The van der Waals surface area contributed by atoms with Crippen LogP contribution < -0.4 is 15.4 Å². The molecular formula is C20H23N3O3. The molecule has 1 saturated carbocycles. The number of rotatable bonds is 8. The molecule has 2 aromatic rings. The van der Waals surface area contributed by atoms with Crippen LogP contribution in [-0.4, -0.2) is 30.5 Å². The van der Waals surface area contributed by atoms with Crippen molar-refractivity contribution in [1.82, 2.24) is 15.6 Å². The Bertz CT molecular complexity index is 764. The van der Waals surface area contributed by atoms with Gasteiger partial charge in [-0.2, -0.15) is 0 Å². The van der Waals surface area contributed by atoms with Gasteiger partial charge in [0.2, 0.25) is 11.8 Å². The summed E-state index contributed by atoms with van der Waals surface area (Å²) in [6, 6.07) is 11.5. The molecule has 0 bridgehead atoms. The van der Waals surface area contributed by atoms with Gasteiger partial charge in [0, 0.05) is 25.5 Å². The summed E-state index contributed by atoms with van der Waals surface area (Å²) >= 11 is 0. The highest BCUT2D eigenvalue weighted by Gasteiger charge is 2.47. The van der Waals surface area contributed by atoms with E-state index in [4.69, 9.17) is 4.74 Å². The Kier molecular flexibility index (Phi) is 5.84. The van der Waals surface area contributed by atoms with Crippen molar-refractivity contribution in [1.29, 1.82) is 0 Å². The smallest absolute Gasteiger partial charge is 0.224 e. The number of benzene rings is 1. The SMILES string of the molecule is COc1cccc(CCNC(=O)C2CC2C(=O)NCc2cccnc2)c1. The predicted octanol–water partition coefficient (Wildman–Crippen LogP) is 1.70. The summed E-state index contributed by atoms with van der Waals surface area (Å²) in [5.41, 5.74) is 2.05. The zero-order valence-electron chi connectivity index (χ0n) is 14.8. The molecule has 26 heavy (non-hydrogen) atoms. The molecule has 2 N–H and O–H groups in total. The monoisotopic (exact) mass is 353 g/mol. The molecule has 1 fully saturated rings. The first-order valence-electron chi connectivity index (χ1n) is 8.74. The van der Waals surface area contributed by atoms with Gasteiger partial charge in [0.15, 0.2) is 0 Å². The van der Waals surface area contributed by atoms with Crippen LogP contribution in [0.1, 0.15) is 17.5 Å². The number of nitrogens with one attached hydrogen (secondary N) is 2. The number of aromatic nitrogens is 1. The van der Waals surface area contributed by atoms with E-state index in [1.54, 1.807) is 19.5 Å². The van der Waals surface area contributed by atoms with Crippen molar-refractivity contribution in [3.63, 3.8) is 0 Å². The van der Waals surface area contributed by atoms with Gasteiger partial charge in [-0.05, 0) is 42.2 Å². The molecule has 6 heteroatoms. The van der Waals surface area contributed by atoms with E-state index in [-0.39, 0.29) is 23.7 Å². The van der Waals surface area contributed by atoms with Crippen LogP contribution in [0, 0.1) is 11.8 Å². The molecule has 2 atom stereocenters. The van der Waals surface area contributed by atoms with Crippen LogP contribution in [0.4, 0.5) is 0 Å². The van der Waals surface area contributed by atoms with Gasteiger partial charge >= 0.3 is 0 Å². The quantitative estimate of drug-likeness (QED) is 0.757. The van der Waals surface area contributed by atoms with Crippen molar-refractivity contribution in [3.05, 3.63) is 59.9 Å². The number of methoxy groups -OCH3 is 1. The van der Waals surface area contributed by atoms with Crippen LogP contribution in [0.3, 0.4) is 0 Å². The van der Waals surface area contributed by atoms with Crippen LogP contribution in [-0.2, 0) is 22.6 Å². The minimum absolute atomic E-state index is 0.0468. The number of hydrogen-bond acceptors (Lipinski definition) is 4. The average Bonchev–Trinajstić information content (AvgIpc) is 3.48. The first-order valence-corrected chi connectivity index (χ1v) is 8.74. The molecule has 2 unspecified atom stereocenters. The number of hydrogen-bond donors (Lipinski definition) is 2. The number of nitrogens with zero attached hydrogens (tertiary/aromatic N) is 1. The Morgan fingerprint density at radius 2 is 1.88 bits per heavy atom. The highest BCUT2D eigenvalue weighted by Crippen LogP contribution is 2.38. The lowest BCUT2D eigenvalue weighted by molar-refractivity contribution is -0.127. The Hall–Kier alpha value is -2.89. The standard InChI is InChI=1S/C20H23N3O3/c1-26-16-6-2-4-14(10-16)7-9-22-19(24)17-11-18(17)20(25)23-13-15-5-3-8-21-12-15/h2-6,8,10,12,17-18H,7,9,11,13H2,1H3,(H,22,24)(H,23,25). The van der Waals surface area contributed by atoms with Crippen molar-refractivity contribution in [2.75, 3.05) is 13.7 Å². The fraction of sp³-hybridized carbons (Fsp3) is 0.350. The highest BCUT2D eigenvalue weighted by molar-refractivity contribution is 5.92. The van der Waals surface area contributed by atoms with Gasteiger partial charge in [0.1, 0.15) is 5.75 Å². The number of carbonyl (C=O) groups is 2. The lowest BCUT2D eigenvalue weighted by Crippen LogP contribution is -2.31. The molecule has 6 nitrogen and oxygen atoms in total. The molecule has 1 aromatic heterocycles. The Balaban J connectivity index is 1.37. The zero-order valence-corrected chi connectivity index (χ0v) is 14.8. The van der Waals surface area contributed by atoms with E-state index >= 15 is 0 Å². The second-order valence-corrected chi connectivity index (χ2v) is 6.42. The minimum Gasteiger partial charge on any atom is -0.497 e. The molecule has 0 aliphatic heterocycles. The van der Waals surface area contributed by atoms with E-state index < -0.39 is 0 Å². The predicted molar refractivity (Wildman–Crippen MR) is 97.4 cm³/mol. The van der Waals surface area contributed by atoms with Crippen molar-refractivity contribution >= 4 is 11.8 Å². The van der Waals surface area contributed by atoms with Crippen molar-refractivity contribution in [2.24, 2.45) is 11.8 Å². The molecule has 0 spiro atoms. The second-order valence-electron chi connectivity index (χ2n) is 6.42. The molecule has 1 aliphatic rings. The van der Waals surface area contributed by atoms with E-state index in [1.807, 2.05) is 36.4 Å². The summed E-state index contributed by atoms with van der Waals surface area (Å²) in [6.45, 7) is 0.986. The van der Waals surface area contributed by atoms with Crippen LogP contribution in [0.2, 0.25) is 0 Å².